The molecule has 0 spiro atoms. The molecule has 0 bridgehead atoms. The smallest absolute Gasteiger partial charge is 0.319 e. The van der Waals surface area contributed by atoms with Crippen molar-refractivity contribution in [3.05, 3.63) is 54.5 Å². The monoisotopic (exact) mass is 357 g/mol. The summed E-state index contributed by atoms with van der Waals surface area (Å²) in [5.41, 5.74) is 0.956. The van der Waals surface area contributed by atoms with Gasteiger partial charge in [-0.2, -0.15) is 0 Å². The van der Waals surface area contributed by atoms with Crippen molar-refractivity contribution in [2.75, 3.05) is 6.61 Å². The highest BCUT2D eigenvalue weighted by molar-refractivity contribution is 8.00. The van der Waals surface area contributed by atoms with Gasteiger partial charge in [-0.3, -0.25) is 9.36 Å². The SMILES string of the molecule is CCOC(=O)[C@H](C)Sc1nnc(-c2ccccc2)n1Cc1ccco1. The second-order valence-electron chi connectivity index (χ2n) is 5.35. The van der Waals surface area contributed by atoms with Gasteiger partial charge < -0.3 is 9.15 Å². The summed E-state index contributed by atoms with van der Waals surface area (Å²) in [6.07, 6.45) is 1.63. The Morgan fingerprint density at radius 1 is 1.24 bits per heavy atom. The first kappa shape index (κ1) is 17.3. The lowest BCUT2D eigenvalue weighted by Gasteiger charge is -2.12. The zero-order chi connectivity index (χ0) is 17.6. The van der Waals surface area contributed by atoms with Crippen LogP contribution in [-0.2, 0) is 16.1 Å². The number of thioether (sulfide) groups is 1. The summed E-state index contributed by atoms with van der Waals surface area (Å²) in [5, 5.41) is 8.88. The Bertz CT molecular complexity index is 815. The lowest BCUT2D eigenvalue weighted by molar-refractivity contribution is -0.142. The molecule has 2 aromatic heterocycles. The Labute approximate surface area is 150 Å². The van der Waals surface area contributed by atoms with Gasteiger partial charge in [-0.25, -0.2) is 0 Å². The number of carbonyl (C=O) groups is 1. The van der Waals surface area contributed by atoms with Gasteiger partial charge in [0.05, 0.1) is 19.4 Å². The maximum absolute atomic E-state index is 11.9. The van der Waals surface area contributed by atoms with Crippen LogP contribution >= 0.6 is 11.8 Å². The number of ether oxygens (including phenoxy) is 1. The van der Waals surface area contributed by atoms with E-state index in [9.17, 15) is 4.79 Å². The maximum Gasteiger partial charge on any atom is 0.319 e. The van der Waals surface area contributed by atoms with Crippen LogP contribution < -0.4 is 0 Å². The summed E-state index contributed by atoms with van der Waals surface area (Å²) >= 11 is 1.33. The van der Waals surface area contributed by atoms with E-state index in [0.29, 0.717) is 18.3 Å². The molecular weight excluding hydrogens is 338 g/mol. The molecule has 0 saturated carbocycles. The van der Waals surface area contributed by atoms with Crippen LogP contribution in [0.3, 0.4) is 0 Å². The quantitative estimate of drug-likeness (QED) is 0.475. The Morgan fingerprint density at radius 3 is 2.72 bits per heavy atom. The molecule has 130 valence electrons. The Kier molecular flexibility index (Phi) is 5.55. The zero-order valence-corrected chi connectivity index (χ0v) is 14.9. The first-order valence-corrected chi connectivity index (χ1v) is 8.91. The van der Waals surface area contributed by atoms with Crippen LogP contribution in [0.5, 0.6) is 0 Å². The van der Waals surface area contributed by atoms with E-state index in [1.807, 2.05) is 47.0 Å². The van der Waals surface area contributed by atoms with Crippen molar-refractivity contribution in [1.29, 1.82) is 0 Å². The molecule has 0 aliphatic heterocycles. The molecule has 7 heteroatoms. The van der Waals surface area contributed by atoms with E-state index in [4.69, 9.17) is 9.15 Å². The molecule has 25 heavy (non-hydrogen) atoms. The summed E-state index contributed by atoms with van der Waals surface area (Å²) in [6.45, 7) is 4.44. The van der Waals surface area contributed by atoms with Gasteiger partial charge in [-0.15, -0.1) is 10.2 Å². The molecule has 3 rings (SSSR count). The highest BCUT2D eigenvalue weighted by Gasteiger charge is 2.22. The molecular formula is C18H19N3O3S. The summed E-state index contributed by atoms with van der Waals surface area (Å²) in [5.74, 6) is 1.26. The van der Waals surface area contributed by atoms with Crippen LogP contribution in [0.1, 0.15) is 19.6 Å². The summed E-state index contributed by atoms with van der Waals surface area (Å²) in [4.78, 5) is 11.9. The van der Waals surface area contributed by atoms with Crippen molar-refractivity contribution in [2.45, 2.75) is 30.8 Å². The molecule has 0 fully saturated rings. The number of hydrogen-bond acceptors (Lipinski definition) is 6. The van der Waals surface area contributed by atoms with Gasteiger partial charge in [-0.05, 0) is 26.0 Å². The van der Waals surface area contributed by atoms with E-state index in [-0.39, 0.29) is 11.2 Å². The number of benzene rings is 1. The van der Waals surface area contributed by atoms with E-state index in [0.717, 1.165) is 17.1 Å². The van der Waals surface area contributed by atoms with Crippen LogP contribution in [0, 0.1) is 0 Å². The van der Waals surface area contributed by atoms with Gasteiger partial charge in [0.2, 0.25) is 0 Å². The van der Waals surface area contributed by atoms with Crippen LogP contribution in [0.15, 0.2) is 58.3 Å². The number of carbonyl (C=O) groups excluding carboxylic acids is 1. The normalized spacial score (nSPS) is 12.1. The second kappa shape index (κ2) is 8.02. The average Bonchev–Trinajstić information content (AvgIpc) is 3.27. The minimum Gasteiger partial charge on any atom is -0.467 e. The predicted molar refractivity (Wildman–Crippen MR) is 95.2 cm³/mol. The first-order valence-electron chi connectivity index (χ1n) is 8.03. The molecule has 0 unspecified atom stereocenters. The third kappa shape index (κ3) is 4.11. The van der Waals surface area contributed by atoms with E-state index < -0.39 is 0 Å². The van der Waals surface area contributed by atoms with Crippen LogP contribution in [0.25, 0.3) is 11.4 Å². The standard InChI is InChI=1S/C18H19N3O3S/c1-3-23-17(22)13(2)25-18-20-19-16(14-8-5-4-6-9-14)21(18)12-15-10-7-11-24-15/h4-11,13H,3,12H2,1-2H3/t13-/m0/s1. The fourth-order valence-corrected chi connectivity index (χ4v) is 3.19. The molecule has 0 amide bonds. The van der Waals surface area contributed by atoms with E-state index in [2.05, 4.69) is 10.2 Å². The van der Waals surface area contributed by atoms with Gasteiger partial charge in [0.1, 0.15) is 11.0 Å². The Morgan fingerprint density at radius 2 is 2.04 bits per heavy atom. The maximum atomic E-state index is 11.9. The molecule has 1 atom stereocenters. The fourth-order valence-electron chi connectivity index (χ4n) is 2.34. The number of hydrogen-bond donors (Lipinski definition) is 0. The lowest BCUT2D eigenvalue weighted by atomic mass is 10.2. The third-order valence-electron chi connectivity index (χ3n) is 3.54. The average molecular weight is 357 g/mol. The second-order valence-corrected chi connectivity index (χ2v) is 6.66. The molecule has 0 aliphatic carbocycles. The van der Waals surface area contributed by atoms with E-state index in [1.54, 1.807) is 20.1 Å². The van der Waals surface area contributed by atoms with Crippen molar-refractivity contribution >= 4 is 17.7 Å². The van der Waals surface area contributed by atoms with Gasteiger partial charge in [0, 0.05) is 5.56 Å². The van der Waals surface area contributed by atoms with E-state index in [1.165, 1.54) is 11.8 Å². The molecule has 1 aromatic carbocycles. The molecule has 0 aliphatic rings. The van der Waals surface area contributed by atoms with Crippen molar-refractivity contribution in [3.8, 4) is 11.4 Å². The predicted octanol–water partition coefficient (Wildman–Crippen LogP) is 3.63. The Hall–Kier alpha value is -2.54. The summed E-state index contributed by atoms with van der Waals surface area (Å²) in [6, 6.07) is 13.6. The van der Waals surface area contributed by atoms with Crippen LogP contribution in [0.2, 0.25) is 0 Å². The van der Waals surface area contributed by atoms with Gasteiger partial charge in [0.25, 0.3) is 0 Å². The highest BCUT2D eigenvalue weighted by atomic mass is 32.2. The van der Waals surface area contributed by atoms with Crippen molar-refractivity contribution < 1.29 is 13.9 Å². The molecule has 3 aromatic rings. The number of aromatic nitrogens is 3. The number of nitrogens with zero attached hydrogens (tertiary/aromatic N) is 3. The summed E-state index contributed by atoms with van der Waals surface area (Å²) in [7, 11) is 0. The summed E-state index contributed by atoms with van der Waals surface area (Å²) < 4.78 is 12.5. The van der Waals surface area contributed by atoms with Crippen molar-refractivity contribution in [2.24, 2.45) is 0 Å². The van der Waals surface area contributed by atoms with E-state index >= 15 is 0 Å². The van der Waals surface area contributed by atoms with Crippen molar-refractivity contribution in [1.82, 2.24) is 14.8 Å². The Balaban J connectivity index is 1.92. The molecule has 0 N–H and O–H groups in total. The minimum absolute atomic E-state index is 0.263. The third-order valence-corrected chi connectivity index (χ3v) is 4.60. The van der Waals surface area contributed by atoms with Crippen LogP contribution in [-0.4, -0.2) is 32.6 Å². The lowest BCUT2D eigenvalue weighted by Crippen LogP contribution is -2.17. The van der Waals surface area contributed by atoms with Crippen molar-refractivity contribution in [3.63, 3.8) is 0 Å². The topological polar surface area (TPSA) is 70.2 Å². The van der Waals surface area contributed by atoms with Gasteiger partial charge in [0.15, 0.2) is 11.0 Å². The number of esters is 1. The largest absolute Gasteiger partial charge is 0.467 e. The van der Waals surface area contributed by atoms with Crippen LogP contribution in [0.4, 0.5) is 0 Å². The van der Waals surface area contributed by atoms with Gasteiger partial charge in [-0.1, -0.05) is 42.1 Å². The van der Waals surface area contributed by atoms with Gasteiger partial charge >= 0.3 is 5.97 Å². The number of rotatable bonds is 7. The highest BCUT2D eigenvalue weighted by Crippen LogP contribution is 2.28. The number of furan rings is 1. The molecule has 0 saturated heterocycles. The first-order chi connectivity index (χ1) is 12.2. The molecule has 6 nitrogen and oxygen atoms in total. The minimum atomic E-state index is -0.372. The fraction of sp³-hybridized carbons (Fsp3) is 0.278. The molecule has 2 heterocycles. The molecule has 0 radical (unpaired) electrons. The zero-order valence-electron chi connectivity index (χ0n) is 14.1.